The summed E-state index contributed by atoms with van der Waals surface area (Å²) in [7, 11) is 0. The van der Waals surface area contributed by atoms with Crippen molar-refractivity contribution in [2.45, 2.75) is 46.3 Å². The van der Waals surface area contributed by atoms with E-state index >= 15 is 0 Å². The Morgan fingerprint density at radius 2 is 1.84 bits per heavy atom. The van der Waals surface area contributed by atoms with Gasteiger partial charge >= 0.3 is 0 Å². The summed E-state index contributed by atoms with van der Waals surface area (Å²) in [6.07, 6.45) is 0.701. The van der Waals surface area contributed by atoms with Gasteiger partial charge in [0.05, 0.1) is 12.1 Å². The summed E-state index contributed by atoms with van der Waals surface area (Å²) >= 11 is 0. The molecule has 1 N–H and O–H groups in total. The second-order valence-corrected chi connectivity index (χ2v) is 7.05. The first-order valence-corrected chi connectivity index (χ1v) is 9.48. The van der Waals surface area contributed by atoms with Crippen LogP contribution in [0.15, 0.2) is 24.3 Å². The number of nitrogens with one attached hydrogen (secondary N) is 1. The maximum Gasteiger partial charge on any atom is 0.221 e. The van der Waals surface area contributed by atoms with E-state index in [4.69, 9.17) is 4.74 Å². The largest absolute Gasteiger partial charge is 0.491 e. The van der Waals surface area contributed by atoms with Gasteiger partial charge in [0.25, 0.3) is 0 Å². The molecule has 1 aliphatic heterocycles. The predicted molar refractivity (Wildman–Crippen MR) is 102 cm³/mol. The second kappa shape index (κ2) is 9.78. The quantitative estimate of drug-likeness (QED) is 0.785. The molecule has 0 bridgehead atoms. The summed E-state index contributed by atoms with van der Waals surface area (Å²) in [4.78, 5) is 17.1. The molecule has 5 heteroatoms. The monoisotopic (exact) mass is 347 g/mol. The summed E-state index contributed by atoms with van der Waals surface area (Å²) in [5.41, 5.74) is 1.07. The number of benzene rings is 1. The Morgan fingerprint density at radius 3 is 2.48 bits per heavy atom. The van der Waals surface area contributed by atoms with Gasteiger partial charge in [-0.05, 0) is 45.0 Å². The van der Waals surface area contributed by atoms with Gasteiger partial charge in [-0.3, -0.25) is 4.79 Å². The Kier molecular flexibility index (Phi) is 7.72. The van der Waals surface area contributed by atoms with Gasteiger partial charge in [-0.15, -0.1) is 0 Å². The van der Waals surface area contributed by atoms with Crippen molar-refractivity contribution in [3.8, 4) is 5.75 Å². The van der Waals surface area contributed by atoms with Crippen LogP contribution in [0.2, 0.25) is 0 Å². The van der Waals surface area contributed by atoms with Crippen LogP contribution in [0, 0.1) is 0 Å². The van der Waals surface area contributed by atoms with Crippen LogP contribution in [-0.2, 0) is 4.79 Å². The summed E-state index contributed by atoms with van der Waals surface area (Å²) in [5, 5.41) is 3.10. The van der Waals surface area contributed by atoms with Crippen molar-refractivity contribution < 1.29 is 9.53 Å². The Labute approximate surface area is 152 Å². The Bertz CT molecular complexity index is 539. The molecule has 140 valence electrons. The number of likely N-dealkylation sites (N-methyl/N-ethyl adjacent to an activating group) is 1. The lowest BCUT2D eigenvalue weighted by Gasteiger charge is -2.33. The molecule has 0 radical (unpaired) electrons. The zero-order valence-corrected chi connectivity index (χ0v) is 16.1. The predicted octanol–water partition coefficient (Wildman–Crippen LogP) is 2.68. The Morgan fingerprint density at radius 1 is 1.16 bits per heavy atom. The van der Waals surface area contributed by atoms with Crippen LogP contribution in [-0.4, -0.2) is 61.1 Å². The van der Waals surface area contributed by atoms with Crippen molar-refractivity contribution in [1.29, 1.82) is 0 Å². The van der Waals surface area contributed by atoms with Gasteiger partial charge in [0.1, 0.15) is 5.75 Å². The highest BCUT2D eigenvalue weighted by Crippen LogP contribution is 2.20. The number of hydrogen-bond donors (Lipinski definition) is 1. The molecule has 0 aromatic heterocycles. The van der Waals surface area contributed by atoms with Crippen LogP contribution in [0.25, 0.3) is 0 Å². The number of nitrogens with zero attached hydrogens (tertiary/aromatic N) is 2. The molecular weight excluding hydrogens is 314 g/mol. The number of carbonyl (C=O) groups excluding carboxylic acids is 1. The standard InChI is InChI=1S/C20H33N3O2/c1-5-22-11-13-23(14-12-22)10-9-20(24)21-17(4)18-7-6-8-19(15-18)25-16(2)3/h6-8,15-17H,5,9-14H2,1-4H3,(H,21,24). The van der Waals surface area contributed by atoms with E-state index in [1.807, 2.05) is 45.0 Å². The fourth-order valence-electron chi connectivity index (χ4n) is 3.12. The van der Waals surface area contributed by atoms with Crippen LogP contribution >= 0.6 is 0 Å². The van der Waals surface area contributed by atoms with Crippen LogP contribution in [0.3, 0.4) is 0 Å². The van der Waals surface area contributed by atoms with Crippen molar-refractivity contribution >= 4 is 5.91 Å². The number of amides is 1. The fourth-order valence-corrected chi connectivity index (χ4v) is 3.12. The summed E-state index contributed by atoms with van der Waals surface area (Å²) < 4.78 is 5.73. The average molecular weight is 348 g/mol. The lowest BCUT2D eigenvalue weighted by Crippen LogP contribution is -2.47. The van der Waals surface area contributed by atoms with Crippen molar-refractivity contribution in [3.05, 3.63) is 29.8 Å². The zero-order chi connectivity index (χ0) is 18.2. The zero-order valence-electron chi connectivity index (χ0n) is 16.1. The Balaban J connectivity index is 1.76. The highest BCUT2D eigenvalue weighted by molar-refractivity contribution is 5.76. The normalized spacial score (nSPS) is 17.5. The van der Waals surface area contributed by atoms with E-state index in [1.165, 1.54) is 0 Å². The first-order valence-electron chi connectivity index (χ1n) is 9.48. The molecule has 1 unspecified atom stereocenters. The molecule has 1 saturated heterocycles. The van der Waals surface area contributed by atoms with Gasteiger partial charge in [0.15, 0.2) is 0 Å². The molecule has 1 atom stereocenters. The molecule has 1 aromatic rings. The second-order valence-electron chi connectivity index (χ2n) is 7.05. The number of rotatable bonds is 8. The average Bonchev–Trinajstić information content (AvgIpc) is 2.60. The lowest BCUT2D eigenvalue weighted by atomic mass is 10.1. The number of piperazine rings is 1. The minimum atomic E-state index is -0.0137. The fraction of sp³-hybridized carbons (Fsp3) is 0.650. The molecule has 2 rings (SSSR count). The van der Waals surface area contributed by atoms with E-state index in [1.54, 1.807) is 0 Å². The minimum absolute atomic E-state index is 0.0137. The maximum atomic E-state index is 12.3. The van der Waals surface area contributed by atoms with Gasteiger partial charge in [0.2, 0.25) is 5.91 Å². The molecule has 0 saturated carbocycles. The van der Waals surface area contributed by atoms with Gasteiger partial charge in [-0.1, -0.05) is 19.1 Å². The molecule has 0 spiro atoms. The molecule has 1 fully saturated rings. The van der Waals surface area contributed by atoms with E-state index in [0.29, 0.717) is 6.42 Å². The molecule has 1 aromatic carbocycles. The van der Waals surface area contributed by atoms with Gasteiger partial charge < -0.3 is 19.9 Å². The highest BCUT2D eigenvalue weighted by atomic mass is 16.5. The summed E-state index contributed by atoms with van der Waals surface area (Å²) in [6.45, 7) is 14.5. The van der Waals surface area contributed by atoms with Crippen molar-refractivity contribution in [2.24, 2.45) is 0 Å². The van der Waals surface area contributed by atoms with E-state index in [-0.39, 0.29) is 18.1 Å². The third kappa shape index (κ3) is 6.67. The van der Waals surface area contributed by atoms with Gasteiger partial charge in [0, 0.05) is 39.1 Å². The number of hydrogen-bond acceptors (Lipinski definition) is 4. The lowest BCUT2D eigenvalue weighted by molar-refractivity contribution is -0.122. The van der Waals surface area contributed by atoms with E-state index in [9.17, 15) is 4.79 Å². The maximum absolute atomic E-state index is 12.3. The van der Waals surface area contributed by atoms with Gasteiger partial charge in [-0.2, -0.15) is 0 Å². The third-order valence-corrected chi connectivity index (χ3v) is 4.67. The first kappa shape index (κ1) is 19.7. The van der Waals surface area contributed by atoms with Crippen molar-refractivity contribution in [1.82, 2.24) is 15.1 Å². The first-order chi connectivity index (χ1) is 12.0. The molecular formula is C20H33N3O2. The van der Waals surface area contributed by atoms with E-state index < -0.39 is 0 Å². The molecule has 1 amide bonds. The highest BCUT2D eigenvalue weighted by Gasteiger charge is 2.17. The number of ether oxygens (including phenoxy) is 1. The van der Waals surface area contributed by atoms with E-state index in [2.05, 4.69) is 22.0 Å². The summed E-state index contributed by atoms with van der Waals surface area (Å²) in [5.74, 6) is 0.961. The Hall–Kier alpha value is -1.59. The molecule has 1 heterocycles. The van der Waals surface area contributed by atoms with Crippen LogP contribution in [0.4, 0.5) is 0 Å². The topological polar surface area (TPSA) is 44.8 Å². The smallest absolute Gasteiger partial charge is 0.221 e. The van der Waals surface area contributed by atoms with E-state index in [0.717, 1.165) is 50.6 Å². The van der Waals surface area contributed by atoms with Crippen molar-refractivity contribution in [3.63, 3.8) is 0 Å². The minimum Gasteiger partial charge on any atom is -0.491 e. The third-order valence-electron chi connectivity index (χ3n) is 4.67. The molecule has 1 aliphatic rings. The van der Waals surface area contributed by atoms with Crippen molar-refractivity contribution in [2.75, 3.05) is 39.3 Å². The molecule has 5 nitrogen and oxygen atoms in total. The van der Waals surface area contributed by atoms with Crippen LogP contribution in [0.1, 0.15) is 45.7 Å². The molecule has 25 heavy (non-hydrogen) atoms. The summed E-state index contributed by atoms with van der Waals surface area (Å²) in [6, 6.07) is 7.95. The van der Waals surface area contributed by atoms with Gasteiger partial charge in [-0.25, -0.2) is 0 Å². The van der Waals surface area contributed by atoms with Crippen LogP contribution in [0.5, 0.6) is 5.75 Å². The number of carbonyl (C=O) groups is 1. The SMILES string of the molecule is CCN1CCN(CCC(=O)NC(C)c2cccc(OC(C)C)c2)CC1. The molecule has 0 aliphatic carbocycles. The van der Waals surface area contributed by atoms with Crippen LogP contribution < -0.4 is 10.1 Å².